The maximum atomic E-state index is 5.82. The van der Waals surface area contributed by atoms with Gasteiger partial charge in [-0.2, -0.15) is 0 Å². The van der Waals surface area contributed by atoms with Crippen molar-refractivity contribution in [1.82, 2.24) is 5.32 Å². The monoisotopic (exact) mass is 263 g/mol. The van der Waals surface area contributed by atoms with Crippen LogP contribution < -0.4 is 10.1 Å². The molecule has 0 spiro atoms. The molecule has 1 aliphatic heterocycles. The fraction of sp³-hybridized carbons (Fsp3) is 0.625. The molecule has 0 amide bonds. The molecule has 1 aliphatic rings. The zero-order chi connectivity index (χ0) is 13.7. The summed E-state index contributed by atoms with van der Waals surface area (Å²) in [5.41, 5.74) is 1.22. The molecule has 1 N–H and O–H groups in total. The molecule has 1 heterocycles. The van der Waals surface area contributed by atoms with Crippen molar-refractivity contribution in [1.29, 1.82) is 0 Å². The Kier molecular flexibility index (Phi) is 5.23. The summed E-state index contributed by atoms with van der Waals surface area (Å²) in [4.78, 5) is 0. The molecule has 0 saturated carbocycles. The number of nitrogens with one attached hydrogen (secondary N) is 1. The number of benzene rings is 1. The van der Waals surface area contributed by atoms with Gasteiger partial charge in [0.25, 0.3) is 0 Å². The summed E-state index contributed by atoms with van der Waals surface area (Å²) in [6, 6.07) is 8.25. The van der Waals surface area contributed by atoms with E-state index in [4.69, 9.17) is 9.47 Å². The number of hydrogen-bond donors (Lipinski definition) is 1. The van der Waals surface area contributed by atoms with Crippen LogP contribution in [-0.4, -0.2) is 25.4 Å². The van der Waals surface area contributed by atoms with Crippen molar-refractivity contribution < 1.29 is 9.47 Å². The molecule has 1 fully saturated rings. The lowest BCUT2D eigenvalue weighted by Gasteiger charge is -2.17. The second-order valence-corrected chi connectivity index (χ2v) is 5.53. The molecule has 2 unspecified atom stereocenters. The summed E-state index contributed by atoms with van der Waals surface area (Å²) >= 11 is 0. The first-order valence-corrected chi connectivity index (χ1v) is 7.23. The summed E-state index contributed by atoms with van der Waals surface area (Å²) in [5.74, 6) is 1.62. The highest BCUT2D eigenvalue weighted by Gasteiger charge is 2.23. The van der Waals surface area contributed by atoms with Gasteiger partial charge in [0.15, 0.2) is 0 Å². The van der Waals surface area contributed by atoms with E-state index in [-0.39, 0.29) is 6.10 Å². The van der Waals surface area contributed by atoms with Crippen molar-refractivity contribution in [3.8, 4) is 5.75 Å². The Hall–Kier alpha value is -1.06. The lowest BCUT2D eigenvalue weighted by atomic mass is 10.0. The van der Waals surface area contributed by atoms with Gasteiger partial charge in [0.1, 0.15) is 5.75 Å². The number of hydrogen-bond acceptors (Lipinski definition) is 3. The summed E-state index contributed by atoms with van der Waals surface area (Å²) < 4.78 is 11.4. The van der Waals surface area contributed by atoms with Crippen LogP contribution in [0.1, 0.15) is 32.8 Å². The third-order valence-corrected chi connectivity index (χ3v) is 3.59. The summed E-state index contributed by atoms with van der Waals surface area (Å²) in [6.45, 7) is 9.04. The Morgan fingerprint density at radius 2 is 2.16 bits per heavy atom. The highest BCUT2D eigenvalue weighted by atomic mass is 16.5. The summed E-state index contributed by atoms with van der Waals surface area (Å²) in [5, 5.41) is 3.53. The van der Waals surface area contributed by atoms with Crippen molar-refractivity contribution in [2.45, 2.75) is 45.9 Å². The Morgan fingerprint density at radius 1 is 1.37 bits per heavy atom. The van der Waals surface area contributed by atoms with E-state index in [1.165, 1.54) is 5.56 Å². The largest absolute Gasteiger partial charge is 0.491 e. The first-order valence-electron chi connectivity index (χ1n) is 7.23. The minimum absolute atomic E-state index is 0.212. The number of rotatable bonds is 6. The maximum Gasteiger partial charge on any atom is 0.124 e. The van der Waals surface area contributed by atoms with E-state index in [9.17, 15) is 0 Å². The molecule has 1 aromatic carbocycles. The highest BCUT2D eigenvalue weighted by molar-refractivity contribution is 5.33. The number of para-hydroxylation sites is 1. The zero-order valence-corrected chi connectivity index (χ0v) is 12.2. The van der Waals surface area contributed by atoms with E-state index in [2.05, 4.69) is 38.2 Å². The average molecular weight is 263 g/mol. The Labute approximate surface area is 116 Å². The molecule has 3 heteroatoms. The van der Waals surface area contributed by atoms with Crippen molar-refractivity contribution >= 4 is 0 Å². The topological polar surface area (TPSA) is 30.5 Å². The molecular weight excluding hydrogens is 238 g/mol. The van der Waals surface area contributed by atoms with Crippen LogP contribution in [0, 0.1) is 5.92 Å². The Morgan fingerprint density at radius 3 is 2.84 bits per heavy atom. The van der Waals surface area contributed by atoms with Gasteiger partial charge in [-0.25, -0.2) is 0 Å². The van der Waals surface area contributed by atoms with E-state index in [1.54, 1.807) is 0 Å². The van der Waals surface area contributed by atoms with Gasteiger partial charge in [-0.1, -0.05) is 18.2 Å². The molecule has 0 aromatic heterocycles. The van der Waals surface area contributed by atoms with E-state index < -0.39 is 0 Å². The molecule has 1 aromatic rings. The third-order valence-electron chi connectivity index (χ3n) is 3.59. The van der Waals surface area contributed by atoms with Crippen LogP contribution in [0.3, 0.4) is 0 Å². The predicted octanol–water partition coefficient (Wildman–Crippen LogP) is 2.99. The standard InChI is InChI=1S/C16H25NO2/c1-12(2)19-16-7-5-4-6-15(16)11-17-10-14-8-9-18-13(14)3/h4-7,12-14,17H,8-11H2,1-3H3. The first-order chi connectivity index (χ1) is 9.16. The van der Waals surface area contributed by atoms with Gasteiger partial charge in [-0.3, -0.25) is 0 Å². The van der Waals surface area contributed by atoms with Gasteiger partial charge in [-0.15, -0.1) is 0 Å². The summed E-state index contributed by atoms with van der Waals surface area (Å²) in [7, 11) is 0. The maximum absolute atomic E-state index is 5.82. The van der Waals surface area contributed by atoms with Gasteiger partial charge in [0, 0.05) is 25.3 Å². The lowest BCUT2D eigenvalue weighted by Crippen LogP contribution is -2.26. The van der Waals surface area contributed by atoms with Gasteiger partial charge in [-0.05, 0) is 39.2 Å². The van der Waals surface area contributed by atoms with Crippen LogP contribution >= 0.6 is 0 Å². The van der Waals surface area contributed by atoms with E-state index in [0.717, 1.165) is 31.9 Å². The zero-order valence-electron chi connectivity index (χ0n) is 12.2. The van der Waals surface area contributed by atoms with Gasteiger partial charge in [0.2, 0.25) is 0 Å². The molecule has 19 heavy (non-hydrogen) atoms. The van der Waals surface area contributed by atoms with Crippen LogP contribution in [0.2, 0.25) is 0 Å². The highest BCUT2D eigenvalue weighted by Crippen LogP contribution is 2.21. The molecule has 1 saturated heterocycles. The van der Waals surface area contributed by atoms with Crippen LogP contribution in [0.5, 0.6) is 5.75 Å². The van der Waals surface area contributed by atoms with Crippen LogP contribution in [-0.2, 0) is 11.3 Å². The Bertz CT molecular complexity index is 392. The normalized spacial score (nSPS) is 22.9. The molecule has 0 aliphatic carbocycles. The number of ether oxygens (including phenoxy) is 2. The fourth-order valence-electron chi connectivity index (χ4n) is 2.46. The fourth-order valence-corrected chi connectivity index (χ4v) is 2.46. The van der Waals surface area contributed by atoms with Gasteiger partial charge in [0.05, 0.1) is 12.2 Å². The third kappa shape index (κ3) is 4.22. The quantitative estimate of drug-likeness (QED) is 0.856. The molecule has 2 rings (SSSR count). The molecule has 3 nitrogen and oxygen atoms in total. The van der Waals surface area contributed by atoms with Gasteiger partial charge >= 0.3 is 0 Å². The van der Waals surface area contributed by atoms with Gasteiger partial charge < -0.3 is 14.8 Å². The van der Waals surface area contributed by atoms with E-state index in [1.807, 2.05) is 12.1 Å². The molecule has 2 atom stereocenters. The summed E-state index contributed by atoms with van der Waals surface area (Å²) in [6.07, 6.45) is 1.76. The van der Waals surface area contributed by atoms with Crippen molar-refractivity contribution in [3.05, 3.63) is 29.8 Å². The van der Waals surface area contributed by atoms with E-state index >= 15 is 0 Å². The SMILES string of the molecule is CC(C)Oc1ccccc1CNCC1CCOC1C. The van der Waals surface area contributed by atoms with Crippen LogP contribution in [0.25, 0.3) is 0 Å². The van der Waals surface area contributed by atoms with Crippen LogP contribution in [0.15, 0.2) is 24.3 Å². The first kappa shape index (κ1) is 14.4. The van der Waals surface area contributed by atoms with Crippen molar-refractivity contribution in [3.63, 3.8) is 0 Å². The molecule has 0 radical (unpaired) electrons. The second-order valence-electron chi connectivity index (χ2n) is 5.53. The minimum atomic E-state index is 0.212. The van der Waals surface area contributed by atoms with Crippen LogP contribution in [0.4, 0.5) is 0 Å². The molecule has 106 valence electrons. The minimum Gasteiger partial charge on any atom is -0.491 e. The smallest absolute Gasteiger partial charge is 0.124 e. The second kappa shape index (κ2) is 6.92. The lowest BCUT2D eigenvalue weighted by molar-refractivity contribution is 0.105. The van der Waals surface area contributed by atoms with E-state index in [0.29, 0.717) is 12.0 Å². The predicted molar refractivity (Wildman–Crippen MR) is 77.4 cm³/mol. The van der Waals surface area contributed by atoms with Crippen molar-refractivity contribution in [2.24, 2.45) is 5.92 Å². The molecular formula is C16H25NO2. The average Bonchev–Trinajstić information content (AvgIpc) is 2.77. The Balaban J connectivity index is 1.85. The van der Waals surface area contributed by atoms with Crippen molar-refractivity contribution in [2.75, 3.05) is 13.2 Å². The molecule has 0 bridgehead atoms.